The molecule has 0 radical (unpaired) electrons. The van der Waals surface area contributed by atoms with Crippen molar-refractivity contribution in [1.82, 2.24) is 9.97 Å². The second-order valence-electron chi connectivity index (χ2n) is 7.51. The Balaban J connectivity index is 1.86. The fraction of sp³-hybridized carbons (Fsp3) is 0.500. The molecule has 1 aliphatic carbocycles. The summed E-state index contributed by atoms with van der Waals surface area (Å²) in [5.41, 5.74) is 3.18. The quantitative estimate of drug-likeness (QED) is 0.657. The lowest BCUT2D eigenvalue weighted by Gasteiger charge is -2.35. The van der Waals surface area contributed by atoms with Gasteiger partial charge in [-0.1, -0.05) is 12.8 Å². The second kappa shape index (κ2) is 9.03. The van der Waals surface area contributed by atoms with Gasteiger partial charge in [-0.05, 0) is 30.5 Å². The topological polar surface area (TPSA) is 75.1 Å². The van der Waals surface area contributed by atoms with Crippen LogP contribution in [0.25, 0.3) is 0 Å². The van der Waals surface area contributed by atoms with Crippen LogP contribution >= 0.6 is 0 Å². The molecule has 31 heavy (non-hydrogen) atoms. The van der Waals surface area contributed by atoms with Gasteiger partial charge in [0.15, 0.2) is 11.5 Å². The Morgan fingerprint density at radius 1 is 1.00 bits per heavy atom. The van der Waals surface area contributed by atoms with Crippen molar-refractivity contribution in [2.45, 2.75) is 44.1 Å². The summed E-state index contributed by atoms with van der Waals surface area (Å²) in [6.07, 6.45) is 3.18. The number of fused-ring (bicyclic) bond motifs is 3. The van der Waals surface area contributed by atoms with Crippen LogP contribution in [0.3, 0.4) is 0 Å². The normalized spacial score (nSPS) is 19.9. The summed E-state index contributed by atoms with van der Waals surface area (Å²) < 4.78 is 47.0. The summed E-state index contributed by atoms with van der Waals surface area (Å²) in [7, 11) is 4.50. The summed E-state index contributed by atoms with van der Waals surface area (Å²) in [6, 6.07) is 3.90. The second-order valence-corrected chi connectivity index (χ2v) is 7.51. The van der Waals surface area contributed by atoms with Crippen molar-refractivity contribution in [2.24, 2.45) is 4.99 Å². The summed E-state index contributed by atoms with van der Waals surface area (Å²) >= 11 is 0. The van der Waals surface area contributed by atoms with Gasteiger partial charge in [0, 0.05) is 17.7 Å². The van der Waals surface area contributed by atoms with Crippen LogP contribution in [0.2, 0.25) is 0 Å². The van der Waals surface area contributed by atoms with Crippen molar-refractivity contribution in [2.75, 3.05) is 27.9 Å². The molecule has 1 aromatic carbocycles. The lowest BCUT2D eigenvalue weighted by Crippen LogP contribution is -2.30. The minimum atomic E-state index is -2.57. The van der Waals surface area contributed by atoms with E-state index in [1.54, 1.807) is 12.3 Å². The fourth-order valence-electron chi connectivity index (χ4n) is 4.36. The maximum absolute atomic E-state index is 12.8. The third-order valence-corrected chi connectivity index (χ3v) is 5.74. The molecular weight excluding hydrogens is 408 g/mol. The number of rotatable bonds is 7. The van der Waals surface area contributed by atoms with Gasteiger partial charge in [-0.25, -0.2) is 13.8 Å². The smallest absolute Gasteiger partial charge is 0.319 e. The van der Waals surface area contributed by atoms with Gasteiger partial charge in [-0.3, -0.25) is 4.99 Å². The molecule has 2 heterocycles. The highest BCUT2D eigenvalue weighted by Gasteiger charge is 2.35. The van der Waals surface area contributed by atoms with E-state index < -0.39 is 13.0 Å². The third-order valence-electron chi connectivity index (χ3n) is 5.74. The molecule has 4 rings (SSSR count). The standard InChI is InChI=1S/C22H25F2N3O4/c1-28-17-9-14-13(8-18(17)31-11-19(23)24)12-6-4-5-7-16(12)26-20(14)15-10-25-22(30-3)27-21(15)29-2/h8-10,12,16,19H,4-7,11H2,1-3H3. The van der Waals surface area contributed by atoms with Crippen molar-refractivity contribution in [3.05, 3.63) is 35.0 Å². The van der Waals surface area contributed by atoms with Gasteiger partial charge in [0.1, 0.15) is 6.61 Å². The molecule has 2 atom stereocenters. The highest BCUT2D eigenvalue weighted by Crippen LogP contribution is 2.45. The van der Waals surface area contributed by atoms with Gasteiger partial charge in [-0.15, -0.1) is 0 Å². The Labute approximate surface area is 179 Å². The maximum atomic E-state index is 12.8. The van der Waals surface area contributed by atoms with Gasteiger partial charge in [0.25, 0.3) is 6.43 Å². The monoisotopic (exact) mass is 433 g/mol. The molecule has 7 nitrogen and oxygen atoms in total. The number of benzene rings is 1. The lowest BCUT2D eigenvalue weighted by atomic mass is 9.75. The van der Waals surface area contributed by atoms with Crippen LogP contribution in [0, 0.1) is 0 Å². The van der Waals surface area contributed by atoms with Gasteiger partial charge in [0.05, 0.1) is 38.6 Å². The molecule has 0 spiro atoms. The first-order valence-corrected chi connectivity index (χ1v) is 10.2. The first-order chi connectivity index (χ1) is 15.0. The fourth-order valence-corrected chi connectivity index (χ4v) is 4.36. The number of halogens is 2. The number of nitrogens with zero attached hydrogens (tertiary/aromatic N) is 3. The molecule has 0 saturated heterocycles. The Hall–Kier alpha value is -2.97. The molecule has 1 aromatic heterocycles. The predicted molar refractivity (Wildman–Crippen MR) is 110 cm³/mol. The number of hydrogen-bond donors (Lipinski definition) is 0. The zero-order chi connectivity index (χ0) is 22.0. The van der Waals surface area contributed by atoms with Crippen LogP contribution in [-0.4, -0.2) is 56.1 Å². The molecule has 0 amide bonds. The summed E-state index contributed by atoms with van der Waals surface area (Å²) in [5, 5.41) is 0. The Morgan fingerprint density at radius 3 is 2.52 bits per heavy atom. The number of methoxy groups -OCH3 is 3. The first kappa shape index (κ1) is 21.3. The zero-order valence-corrected chi connectivity index (χ0v) is 17.7. The predicted octanol–water partition coefficient (Wildman–Crippen LogP) is 4.02. The molecule has 1 fully saturated rings. The van der Waals surface area contributed by atoms with E-state index in [1.165, 1.54) is 21.3 Å². The number of aliphatic imine (C=N–C) groups is 1. The number of aromatic nitrogens is 2. The van der Waals surface area contributed by atoms with Crippen molar-refractivity contribution in [3.63, 3.8) is 0 Å². The van der Waals surface area contributed by atoms with E-state index in [-0.39, 0.29) is 18.0 Å². The molecule has 0 bridgehead atoms. The van der Waals surface area contributed by atoms with Gasteiger partial charge >= 0.3 is 6.01 Å². The van der Waals surface area contributed by atoms with Gasteiger partial charge < -0.3 is 18.9 Å². The number of alkyl halides is 2. The van der Waals surface area contributed by atoms with E-state index >= 15 is 0 Å². The molecule has 0 N–H and O–H groups in total. The molecular formula is C22H25F2N3O4. The van der Waals surface area contributed by atoms with Crippen molar-refractivity contribution >= 4 is 5.71 Å². The highest BCUT2D eigenvalue weighted by molar-refractivity contribution is 6.16. The number of ether oxygens (including phenoxy) is 4. The Morgan fingerprint density at radius 2 is 1.81 bits per heavy atom. The Bertz CT molecular complexity index is 983. The molecule has 1 aliphatic heterocycles. The lowest BCUT2D eigenvalue weighted by molar-refractivity contribution is 0.0803. The minimum absolute atomic E-state index is 0.0828. The summed E-state index contributed by atoms with van der Waals surface area (Å²) in [6.45, 7) is -0.690. The van der Waals surface area contributed by atoms with Crippen molar-refractivity contribution in [3.8, 4) is 23.4 Å². The zero-order valence-electron chi connectivity index (χ0n) is 17.7. The molecule has 2 aromatic rings. The number of hydrogen-bond acceptors (Lipinski definition) is 7. The van der Waals surface area contributed by atoms with E-state index in [0.29, 0.717) is 28.7 Å². The van der Waals surface area contributed by atoms with E-state index in [4.69, 9.17) is 23.9 Å². The van der Waals surface area contributed by atoms with Crippen LogP contribution in [0.15, 0.2) is 23.3 Å². The Kier molecular flexibility index (Phi) is 6.20. The van der Waals surface area contributed by atoms with Gasteiger partial charge in [-0.2, -0.15) is 4.98 Å². The van der Waals surface area contributed by atoms with Crippen molar-refractivity contribution in [1.29, 1.82) is 0 Å². The van der Waals surface area contributed by atoms with E-state index in [2.05, 4.69) is 9.97 Å². The molecule has 166 valence electrons. The van der Waals surface area contributed by atoms with Crippen molar-refractivity contribution < 1.29 is 27.7 Å². The average molecular weight is 433 g/mol. The van der Waals surface area contributed by atoms with Crippen LogP contribution in [0.5, 0.6) is 23.4 Å². The van der Waals surface area contributed by atoms with Gasteiger partial charge in [0.2, 0.25) is 5.88 Å². The van der Waals surface area contributed by atoms with Crippen LogP contribution in [-0.2, 0) is 0 Å². The SMILES string of the molecule is COc1ncc(C2=NC3CCCCC3c3cc(OCC(F)F)c(OC)cc32)c(OC)n1. The largest absolute Gasteiger partial charge is 0.493 e. The molecule has 9 heteroatoms. The van der Waals surface area contributed by atoms with E-state index in [0.717, 1.165) is 36.8 Å². The van der Waals surface area contributed by atoms with Crippen LogP contribution in [0.4, 0.5) is 8.78 Å². The minimum Gasteiger partial charge on any atom is -0.493 e. The van der Waals surface area contributed by atoms with Crippen LogP contribution < -0.4 is 18.9 Å². The van der Waals surface area contributed by atoms with Crippen LogP contribution in [0.1, 0.15) is 48.3 Å². The van der Waals surface area contributed by atoms with E-state index in [1.807, 2.05) is 6.07 Å². The summed E-state index contributed by atoms with van der Waals surface area (Å²) in [4.78, 5) is 13.6. The maximum Gasteiger partial charge on any atom is 0.319 e. The molecule has 2 aliphatic rings. The summed E-state index contributed by atoms with van der Waals surface area (Å²) in [5.74, 6) is 1.22. The molecule has 1 saturated carbocycles. The average Bonchev–Trinajstić information content (AvgIpc) is 2.81. The third kappa shape index (κ3) is 4.13. The highest BCUT2D eigenvalue weighted by atomic mass is 19.3. The van der Waals surface area contributed by atoms with E-state index in [9.17, 15) is 8.78 Å². The molecule has 2 unspecified atom stereocenters. The first-order valence-electron chi connectivity index (χ1n) is 10.2.